The van der Waals surface area contributed by atoms with Gasteiger partial charge in [-0.05, 0) is 17.7 Å². The highest BCUT2D eigenvalue weighted by atomic mass is 16.5. The molecule has 0 fully saturated rings. The zero-order valence-electron chi connectivity index (χ0n) is 8.05. The molecule has 0 saturated carbocycles. The lowest BCUT2D eigenvalue weighted by molar-refractivity contribution is 0.131. The van der Waals surface area contributed by atoms with Gasteiger partial charge in [0.05, 0.1) is 19.8 Å². The van der Waals surface area contributed by atoms with Gasteiger partial charge >= 0.3 is 0 Å². The molecule has 2 N–H and O–H groups in total. The summed E-state index contributed by atoms with van der Waals surface area (Å²) in [4.78, 5) is 0. The number of rotatable bonds is 4. The molecule has 0 aliphatic rings. The van der Waals surface area contributed by atoms with Crippen LogP contribution in [-0.2, 0) is 0 Å². The van der Waals surface area contributed by atoms with Crippen LogP contribution in [0.5, 0.6) is 5.75 Å². The molecule has 0 unspecified atom stereocenters. The largest absolute Gasteiger partial charge is 0.497 e. The molecular formula is C11H14O3. The monoisotopic (exact) mass is 194 g/mol. The molecule has 0 aliphatic heterocycles. The maximum absolute atomic E-state index is 9.08. The fraction of sp³-hybridized carbons (Fsp3) is 0.273. The summed E-state index contributed by atoms with van der Waals surface area (Å²) in [6, 6.07) is 7.45. The Hall–Kier alpha value is -1.32. The van der Waals surface area contributed by atoms with Gasteiger partial charge in [-0.3, -0.25) is 0 Å². The molecule has 0 amide bonds. The predicted molar refractivity (Wildman–Crippen MR) is 55.1 cm³/mol. The first-order valence-electron chi connectivity index (χ1n) is 4.37. The molecule has 0 bridgehead atoms. The van der Waals surface area contributed by atoms with Crippen molar-refractivity contribution in [3.8, 4) is 5.75 Å². The number of benzene rings is 1. The van der Waals surface area contributed by atoms with E-state index in [4.69, 9.17) is 14.9 Å². The Labute approximate surface area is 83.3 Å². The van der Waals surface area contributed by atoms with E-state index in [0.29, 0.717) is 0 Å². The summed E-state index contributed by atoms with van der Waals surface area (Å²) in [6.45, 7) is -0.263. The van der Waals surface area contributed by atoms with Crippen LogP contribution in [0.25, 0.3) is 6.08 Å². The molecule has 0 aliphatic carbocycles. The molecule has 14 heavy (non-hydrogen) atoms. The smallest absolute Gasteiger partial charge is 0.119 e. The quantitative estimate of drug-likeness (QED) is 0.753. The van der Waals surface area contributed by atoms with Gasteiger partial charge < -0.3 is 14.9 Å². The van der Waals surface area contributed by atoms with Gasteiger partial charge in [0.25, 0.3) is 0 Å². The molecule has 0 radical (unpaired) electrons. The molecule has 1 aromatic rings. The summed E-state index contributed by atoms with van der Waals surface area (Å²) >= 11 is 0. The van der Waals surface area contributed by atoms with E-state index in [1.54, 1.807) is 13.2 Å². The van der Waals surface area contributed by atoms with Gasteiger partial charge in [-0.15, -0.1) is 0 Å². The van der Waals surface area contributed by atoms with Crippen molar-refractivity contribution in [3.05, 3.63) is 35.9 Å². The molecule has 0 aromatic heterocycles. The number of hydrogen-bond acceptors (Lipinski definition) is 3. The van der Waals surface area contributed by atoms with Gasteiger partial charge in [-0.2, -0.15) is 0 Å². The van der Waals surface area contributed by atoms with Crippen LogP contribution in [0.15, 0.2) is 30.3 Å². The van der Waals surface area contributed by atoms with Crippen LogP contribution in [-0.4, -0.2) is 30.0 Å². The molecule has 0 saturated heterocycles. The summed E-state index contributed by atoms with van der Waals surface area (Å²) in [5.41, 5.74) is 0.928. The van der Waals surface area contributed by atoms with Crippen LogP contribution in [0.4, 0.5) is 0 Å². The Morgan fingerprint density at radius 1 is 1.50 bits per heavy atom. The van der Waals surface area contributed by atoms with Crippen molar-refractivity contribution in [2.75, 3.05) is 13.7 Å². The van der Waals surface area contributed by atoms with Gasteiger partial charge in [-0.25, -0.2) is 0 Å². The summed E-state index contributed by atoms with van der Waals surface area (Å²) in [5.74, 6) is 0.769. The Balaban J connectivity index is 2.71. The minimum absolute atomic E-state index is 0.263. The third-order valence-corrected chi connectivity index (χ3v) is 1.79. The fourth-order valence-electron chi connectivity index (χ4n) is 1.03. The minimum atomic E-state index is -0.804. The summed E-state index contributed by atoms with van der Waals surface area (Å²) in [5, 5.41) is 17.7. The fourth-order valence-corrected chi connectivity index (χ4v) is 1.03. The van der Waals surface area contributed by atoms with E-state index >= 15 is 0 Å². The standard InChI is InChI=1S/C11H14O3/c1-14-11-4-2-3-9(7-11)5-6-10(13)8-12/h2-7,10,12-13H,8H2,1H3/b6-5+/t10-/m1/s1. The van der Waals surface area contributed by atoms with Crippen LogP contribution >= 0.6 is 0 Å². The lowest BCUT2D eigenvalue weighted by atomic mass is 10.2. The van der Waals surface area contributed by atoms with Crippen molar-refractivity contribution in [1.82, 2.24) is 0 Å². The number of methoxy groups -OCH3 is 1. The Morgan fingerprint density at radius 3 is 2.93 bits per heavy atom. The third kappa shape index (κ3) is 3.20. The second kappa shape index (κ2) is 5.42. The van der Waals surface area contributed by atoms with E-state index in [-0.39, 0.29) is 6.61 Å². The van der Waals surface area contributed by atoms with Gasteiger partial charge in [-0.1, -0.05) is 24.3 Å². The van der Waals surface area contributed by atoms with Crippen LogP contribution in [0.2, 0.25) is 0 Å². The first-order valence-corrected chi connectivity index (χ1v) is 4.37. The zero-order chi connectivity index (χ0) is 10.4. The van der Waals surface area contributed by atoms with Crippen molar-refractivity contribution >= 4 is 6.08 Å². The van der Waals surface area contributed by atoms with Crippen LogP contribution in [0.3, 0.4) is 0 Å². The topological polar surface area (TPSA) is 49.7 Å². The van der Waals surface area contributed by atoms with E-state index in [9.17, 15) is 0 Å². The van der Waals surface area contributed by atoms with Crippen LogP contribution < -0.4 is 4.74 Å². The summed E-state index contributed by atoms with van der Waals surface area (Å²) in [6.07, 6.45) is 2.47. The number of aliphatic hydroxyl groups is 2. The van der Waals surface area contributed by atoms with Gasteiger partial charge in [0.15, 0.2) is 0 Å². The van der Waals surface area contributed by atoms with Gasteiger partial charge in [0.1, 0.15) is 5.75 Å². The van der Waals surface area contributed by atoms with E-state index in [2.05, 4.69) is 0 Å². The molecule has 0 spiro atoms. The van der Waals surface area contributed by atoms with Crippen LogP contribution in [0, 0.1) is 0 Å². The van der Waals surface area contributed by atoms with E-state index in [1.165, 1.54) is 6.08 Å². The molecular weight excluding hydrogens is 180 g/mol. The zero-order valence-corrected chi connectivity index (χ0v) is 8.05. The van der Waals surface area contributed by atoms with Crippen molar-refractivity contribution in [2.24, 2.45) is 0 Å². The van der Waals surface area contributed by atoms with Crippen LogP contribution in [0.1, 0.15) is 5.56 Å². The Kier molecular flexibility index (Phi) is 4.16. The molecule has 3 heteroatoms. The highest BCUT2D eigenvalue weighted by Crippen LogP contribution is 2.13. The molecule has 1 aromatic carbocycles. The average Bonchev–Trinajstić information content (AvgIpc) is 2.26. The van der Waals surface area contributed by atoms with Gasteiger partial charge in [0, 0.05) is 0 Å². The average molecular weight is 194 g/mol. The Morgan fingerprint density at radius 2 is 2.29 bits per heavy atom. The molecule has 1 atom stereocenters. The molecule has 3 nitrogen and oxygen atoms in total. The van der Waals surface area contributed by atoms with Crippen molar-refractivity contribution in [2.45, 2.75) is 6.10 Å². The van der Waals surface area contributed by atoms with Crippen molar-refractivity contribution in [3.63, 3.8) is 0 Å². The van der Waals surface area contributed by atoms with Gasteiger partial charge in [0.2, 0.25) is 0 Å². The second-order valence-corrected chi connectivity index (χ2v) is 2.89. The SMILES string of the molecule is COc1cccc(/C=C/[C@@H](O)CO)c1. The number of ether oxygens (including phenoxy) is 1. The van der Waals surface area contributed by atoms with Crippen molar-refractivity contribution < 1.29 is 14.9 Å². The van der Waals surface area contributed by atoms with Crippen molar-refractivity contribution in [1.29, 1.82) is 0 Å². The summed E-state index contributed by atoms with van der Waals surface area (Å²) in [7, 11) is 1.60. The summed E-state index contributed by atoms with van der Waals surface area (Å²) < 4.78 is 5.04. The first kappa shape index (κ1) is 10.8. The van der Waals surface area contributed by atoms with E-state index in [0.717, 1.165) is 11.3 Å². The molecule has 0 heterocycles. The first-order chi connectivity index (χ1) is 6.76. The molecule has 1 rings (SSSR count). The lowest BCUT2D eigenvalue weighted by Crippen LogP contribution is -2.06. The normalized spacial score (nSPS) is 13.1. The number of aliphatic hydroxyl groups excluding tert-OH is 2. The maximum atomic E-state index is 9.08. The molecule has 76 valence electrons. The lowest BCUT2D eigenvalue weighted by Gasteiger charge is -2.01. The highest BCUT2D eigenvalue weighted by Gasteiger charge is 1.95. The van der Waals surface area contributed by atoms with E-state index in [1.807, 2.05) is 24.3 Å². The number of hydrogen-bond donors (Lipinski definition) is 2. The van der Waals surface area contributed by atoms with E-state index < -0.39 is 6.10 Å². The highest BCUT2D eigenvalue weighted by molar-refractivity contribution is 5.52. The third-order valence-electron chi connectivity index (χ3n) is 1.79. The Bertz CT molecular complexity index is 307. The predicted octanol–water partition coefficient (Wildman–Crippen LogP) is 1.06. The maximum Gasteiger partial charge on any atom is 0.119 e. The second-order valence-electron chi connectivity index (χ2n) is 2.89. The minimum Gasteiger partial charge on any atom is -0.497 e.